The Morgan fingerprint density at radius 3 is 2.64 bits per heavy atom. The molecule has 0 spiro atoms. The zero-order chi connectivity index (χ0) is 25.7. The van der Waals surface area contributed by atoms with Crippen LogP contribution < -0.4 is 10.3 Å². The van der Waals surface area contributed by atoms with Gasteiger partial charge >= 0.3 is 5.97 Å². The molecule has 2 aromatic rings. The van der Waals surface area contributed by atoms with Gasteiger partial charge in [0.2, 0.25) is 5.91 Å². The number of ether oxygens (including phenoxy) is 3. The van der Waals surface area contributed by atoms with Crippen molar-refractivity contribution in [2.24, 2.45) is 5.92 Å². The Labute approximate surface area is 212 Å². The van der Waals surface area contributed by atoms with E-state index in [1.807, 2.05) is 36.9 Å². The van der Waals surface area contributed by atoms with Crippen molar-refractivity contribution in [2.75, 3.05) is 33.4 Å². The highest BCUT2D eigenvalue weighted by Gasteiger charge is 2.36. The van der Waals surface area contributed by atoms with Crippen molar-refractivity contribution in [3.8, 4) is 5.75 Å². The van der Waals surface area contributed by atoms with Gasteiger partial charge in [0.25, 0.3) is 5.56 Å². The van der Waals surface area contributed by atoms with E-state index in [1.54, 1.807) is 4.57 Å². The number of carbonyl (C=O) groups excluding carboxylic acids is 2. The Hall–Kier alpha value is -3.13. The first-order valence-corrected chi connectivity index (χ1v) is 12.7. The second-order valence-corrected chi connectivity index (χ2v) is 10.1. The average Bonchev–Trinajstić information content (AvgIpc) is 3.09. The molecule has 0 N–H and O–H groups in total. The monoisotopic (exact) mass is 496 g/mol. The van der Waals surface area contributed by atoms with Gasteiger partial charge in [0, 0.05) is 50.3 Å². The Balaban J connectivity index is 1.50. The maximum Gasteiger partial charge on any atom is 0.343 e. The number of aromatic nitrogens is 1. The second kappa shape index (κ2) is 11.3. The molecule has 1 saturated heterocycles. The summed E-state index contributed by atoms with van der Waals surface area (Å²) >= 11 is 0. The fourth-order valence-electron chi connectivity index (χ4n) is 5.21. The largest absolute Gasteiger partial charge is 0.492 e. The van der Waals surface area contributed by atoms with Gasteiger partial charge in [-0.05, 0) is 45.1 Å². The van der Waals surface area contributed by atoms with E-state index in [0.717, 1.165) is 12.8 Å². The molecule has 2 aliphatic heterocycles. The SMILES string of the molecule is COC(=O)c1c(OCCCc2ccccc2)cc(=O)n2c1CCN(C(=O)[C@H]1CCOC(C)(C)C1)CC2. The van der Waals surface area contributed by atoms with Crippen LogP contribution in [0.15, 0.2) is 41.2 Å². The third-order valence-electron chi connectivity index (χ3n) is 7.05. The molecule has 0 radical (unpaired) electrons. The van der Waals surface area contributed by atoms with Crippen LogP contribution in [0, 0.1) is 5.92 Å². The van der Waals surface area contributed by atoms with Crippen LogP contribution in [-0.4, -0.2) is 60.4 Å². The van der Waals surface area contributed by atoms with E-state index in [2.05, 4.69) is 12.1 Å². The van der Waals surface area contributed by atoms with Crippen LogP contribution in [0.2, 0.25) is 0 Å². The quantitative estimate of drug-likeness (QED) is 0.432. The topological polar surface area (TPSA) is 87.1 Å². The lowest BCUT2D eigenvalue weighted by Gasteiger charge is -2.36. The Morgan fingerprint density at radius 1 is 1.14 bits per heavy atom. The molecule has 194 valence electrons. The van der Waals surface area contributed by atoms with Crippen molar-refractivity contribution in [1.29, 1.82) is 0 Å². The minimum atomic E-state index is -0.539. The van der Waals surface area contributed by atoms with Gasteiger partial charge in [0.1, 0.15) is 11.3 Å². The van der Waals surface area contributed by atoms with Crippen molar-refractivity contribution in [2.45, 2.75) is 58.1 Å². The number of hydrogen-bond acceptors (Lipinski definition) is 6. The van der Waals surface area contributed by atoms with Gasteiger partial charge in [0.05, 0.1) is 19.3 Å². The standard InChI is InChI=1S/C28H36N2O6/c1-28(2)19-21(12-17-36-28)26(32)29-13-11-22-25(27(33)34-3)23(18-24(31)30(22)15-14-29)35-16-7-10-20-8-5-4-6-9-20/h4-6,8-9,18,21H,7,10-17,19H2,1-3H3/t21-/m0/s1. The number of fused-ring (bicyclic) bond motifs is 1. The molecular weight excluding hydrogens is 460 g/mol. The Morgan fingerprint density at radius 2 is 1.92 bits per heavy atom. The van der Waals surface area contributed by atoms with E-state index in [0.29, 0.717) is 57.8 Å². The van der Waals surface area contributed by atoms with Crippen LogP contribution in [0.3, 0.4) is 0 Å². The molecule has 4 rings (SSSR count). The smallest absolute Gasteiger partial charge is 0.343 e. The van der Waals surface area contributed by atoms with Crippen LogP contribution in [-0.2, 0) is 33.7 Å². The first-order chi connectivity index (χ1) is 17.3. The van der Waals surface area contributed by atoms with E-state index in [4.69, 9.17) is 14.2 Å². The minimum absolute atomic E-state index is 0.0873. The number of aryl methyl sites for hydroxylation is 1. The lowest BCUT2D eigenvalue weighted by molar-refractivity contribution is -0.145. The van der Waals surface area contributed by atoms with E-state index in [1.165, 1.54) is 18.7 Å². The number of hydrogen-bond donors (Lipinski definition) is 0. The number of esters is 1. The third-order valence-corrected chi connectivity index (χ3v) is 7.05. The summed E-state index contributed by atoms with van der Waals surface area (Å²) in [6.07, 6.45) is 3.31. The first-order valence-electron chi connectivity index (χ1n) is 12.7. The van der Waals surface area contributed by atoms with Crippen molar-refractivity contribution >= 4 is 11.9 Å². The van der Waals surface area contributed by atoms with E-state index < -0.39 is 5.97 Å². The predicted octanol–water partition coefficient (Wildman–Crippen LogP) is 3.24. The van der Waals surface area contributed by atoms with Gasteiger partial charge < -0.3 is 23.7 Å². The van der Waals surface area contributed by atoms with Crippen molar-refractivity contribution in [3.63, 3.8) is 0 Å². The number of methoxy groups -OCH3 is 1. The maximum atomic E-state index is 13.3. The van der Waals surface area contributed by atoms with Crippen molar-refractivity contribution < 1.29 is 23.8 Å². The molecule has 1 atom stereocenters. The van der Waals surface area contributed by atoms with E-state index in [-0.39, 0.29) is 34.3 Å². The molecule has 2 aliphatic rings. The summed E-state index contributed by atoms with van der Waals surface area (Å²) in [7, 11) is 1.32. The normalized spacial score (nSPS) is 19.2. The highest BCUT2D eigenvalue weighted by Crippen LogP contribution is 2.31. The fraction of sp³-hybridized carbons (Fsp3) is 0.536. The summed E-state index contributed by atoms with van der Waals surface area (Å²) in [5.74, 6) is -0.306. The molecule has 0 aliphatic carbocycles. The number of benzene rings is 1. The van der Waals surface area contributed by atoms with E-state index >= 15 is 0 Å². The molecular formula is C28H36N2O6. The molecule has 8 heteroatoms. The number of nitrogens with zero attached hydrogens (tertiary/aromatic N) is 2. The number of pyridine rings is 1. The number of rotatable bonds is 7. The highest BCUT2D eigenvalue weighted by molar-refractivity contribution is 5.93. The number of carbonyl (C=O) groups is 2. The lowest BCUT2D eigenvalue weighted by atomic mass is 9.87. The minimum Gasteiger partial charge on any atom is -0.492 e. The molecule has 1 amide bonds. The van der Waals surface area contributed by atoms with E-state index in [9.17, 15) is 14.4 Å². The van der Waals surface area contributed by atoms with Gasteiger partial charge in [-0.3, -0.25) is 9.59 Å². The summed E-state index contributed by atoms with van der Waals surface area (Å²) < 4.78 is 18.4. The molecule has 1 aromatic carbocycles. The Bertz CT molecular complexity index is 1140. The molecule has 0 saturated carbocycles. The summed E-state index contributed by atoms with van der Waals surface area (Å²) in [6.45, 7) is 6.12. The zero-order valence-electron chi connectivity index (χ0n) is 21.5. The Kier molecular flexibility index (Phi) is 8.14. The highest BCUT2D eigenvalue weighted by atomic mass is 16.5. The van der Waals surface area contributed by atoms with Crippen molar-refractivity contribution in [3.05, 3.63) is 63.6 Å². The van der Waals surface area contributed by atoms with Crippen LogP contribution in [0.5, 0.6) is 5.75 Å². The average molecular weight is 497 g/mol. The van der Waals surface area contributed by atoms with Gasteiger partial charge in [-0.25, -0.2) is 4.79 Å². The zero-order valence-corrected chi connectivity index (χ0v) is 21.5. The summed E-state index contributed by atoms with van der Waals surface area (Å²) in [5.41, 5.74) is 1.48. The molecule has 8 nitrogen and oxygen atoms in total. The van der Waals surface area contributed by atoms with Crippen LogP contribution in [0.1, 0.15) is 54.7 Å². The van der Waals surface area contributed by atoms with Gasteiger partial charge in [-0.2, -0.15) is 0 Å². The molecule has 0 unspecified atom stereocenters. The van der Waals surface area contributed by atoms with Crippen molar-refractivity contribution in [1.82, 2.24) is 9.47 Å². The maximum absolute atomic E-state index is 13.3. The van der Waals surface area contributed by atoms with Crippen LogP contribution in [0.4, 0.5) is 0 Å². The fourth-order valence-corrected chi connectivity index (χ4v) is 5.21. The molecule has 3 heterocycles. The lowest BCUT2D eigenvalue weighted by Crippen LogP contribution is -2.44. The van der Waals surface area contributed by atoms with Crippen LogP contribution in [0.25, 0.3) is 0 Å². The van der Waals surface area contributed by atoms with Gasteiger partial charge in [-0.1, -0.05) is 30.3 Å². The molecule has 1 aromatic heterocycles. The number of amides is 1. The second-order valence-electron chi connectivity index (χ2n) is 10.1. The molecule has 0 bridgehead atoms. The first kappa shape index (κ1) is 25.9. The van der Waals surface area contributed by atoms with Gasteiger partial charge in [-0.15, -0.1) is 0 Å². The third kappa shape index (κ3) is 5.98. The summed E-state index contributed by atoms with van der Waals surface area (Å²) in [6, 6.07) is 11.5. The summed E-state index contributed by atoms with van der Waals surface area (Å²) in [5, 5.41) is 0. The molecule has 36 heavy (non-hydrogen) atoms. The van der Waals surface area contributed by atoms with Crippen LogP contribution >= 0.6 is 0 Å². The van der Waals surface area contributed by atoms with Gasteiger partial charge in [0.15, 0.2) is 0 Å². The summed E-state index contributed by atoms with van der Waals surface area (Å²) in [4.78, 5) is 41.0. The molecule has 1 fully saturated rings. The predicted molar refractivity (Wildman–Crippen MR) is 135 cm³/mol.